The fourth-order valence-electron chi connectivity index (χ4n) is 0.647. The molecular formula is C5H16N4. The number of hydrazine groups is 1. The summed E-state index contributed by atoms with van der Waals surface area (Å²) in [5.41, 5.74) is 13.6. The monoisotopic (exact) mass is 132 g/mol. The molecule has 0 aromatic carbocycles. The molecule has 0 spiro atoms. The van der Waals surface area contributed by atoms with Gasteiger partial charge in [-0.2, -0.15) is 0 Å². The van der Waals surface area contributed by atoms with Crippen molar-refractivity contribution in [1.82, 2.24) is 10.4 Å². The van der Waals surface area contributed by atoms with E-state index in [4.69, 9.17) is 11.5 Å². The summed E-state index contributed by atoms with van der Waals surface area (Å²) in [6, 6.07) is 0. The van der Waals surface area contributed by atoms with Crippen LogP contribution in [0, 0.1) is 0 Å². The Morgan fingerprint density at radius 2 is 1.67 bits per heavy atom. The number of nitrogens with two attached hydrogens (primary N) is 2. The summed E-state index contributed by atoms with van der Waals surface area (Å²) in [5.74, 6) is 0. The highest BCUT2D eigenvalue weighted by Crippen LogP contribution is 1.74. The Morgan fingerprint density at radius 3 is 1.89 bits per heavy atom. The van der Waals surface area contributed by atoms with Gasteiger partial charge in [0.2, 0.25) is 0 Å². The van der Waals surface area contributed by atoms with Crippen molar-refractivity contribution >= 4 is 0 Å². The smallest absolute Gasteiger partial charge is 0.0254 e. The molecule has 0 bridgehead atoms. The van der Waals surface area contributed by atoms with E-state index in [1.165, 1.54) is 0 Å². The van der Waals surface area contributed by atoms with Crippen molar-refractivity contribution in [3.8, 4) is 0 Å². The van der Waals surface area contributed by atoms with Gasteiger partial charge in [0.15, 0.2) is 0 Å². The molecule has 0 aliphatic heterocycles. The Kier molecular flexibility index (Phi) is 5.86. The van der Waals surface area contributed by atoms with Gasteiger partial charge in [-0.05, 0) is 7.05 Å². The van der Waals surface area contributed by atoms with Crippen molar-refractivity contribution in [3.63, 3.8) is 0 Å². The molecule has 0 atom stereocenters. The molecule has 9 heavy (non-hydrogen) atoms. The molecular weight excluding hydrogens is 116 g/mol. The predicted octanol–water partition coefficient (Wildman–Crippen LogP) is -1.66. The van der Waals surface area contributed by atoms with Crippen molar-refractivity contribution in [2.24, 2.45) is 11.5 Å². The van der Waals surface area contributed by atoms with E-state index in [1.807, 2.05) is 12.1 Å². The average molecular weight is 132 g/mol. The van der Waals surface area contributed by atoms with Crippen LogP contribution in [0.4, 0.5) is 0 Å². The van der Waals surface area contributed by atoms with E-state index in [9.17, 15) is 0 Å². The maximum atomic E-state index is 5.31. The lowest BCUT2D eigenvalue weighted by molar-refractivity contribution is 0.220. The van der Waals surface area contributed by atoms with Crippen LogP contribution in [0.3, 0.4) is 0 Å². The Balaban J connectivity index is 3.18. The maximum absolute atomic E-state index is 5.31. The first kappa shape index (κ1) is 8.84. The summed E-state index contributed by atoms with van der Waals surface area (Å²) in [7, 11) is 1.87. The zero-order chi connectivity index (χ0) is 7.11. The van der Waals surface area contributed by atoms with Crippen LogP contribution in [0.2, 0.25) is 0 Å². The number of nitrogens with one attached hydrogen (secondary N) is 1. The topological polar surface area (TPSA) is 67.3 Å². The van der Waals surface area contributed by atoms with E-state index >= 15 is 0 Å². The first-order valence-corrected chi connectivity index (χ1v) is 3.17. The van der Waals surface area contributed by atoms with Crippen LogP contribution < -0.4 is 16.9 Å². The quantitative estimate of drug-likeness (QED) is 0.392. The van der Waals surface area contributed by atoms with E-state index in [0.717, 1.165) is 13.1 Å². The van der Waals surface area contributed by atoms with E-state index in [-0.39, 0.29) is 0 Å². The van der Waals surface area contributed by atoms with Crippen molar-refractivity contribution < 1.29 is 0 Å². The molecule has 0 fully saturated rings. The zero-order valence-electron chi connectivity index (χ0n) is 5.93. The summed E-state index contributed by atoms with van der Waals surface area (Å²) in [6.07, 6.45) is 0. The van der Waals surface area contributed by atoms with E-state index in [0.29, 0.717) is 13.1 Å². The van der Waals surface area contributed by atoms with Gasteiger partial charge < -0.3 is 11.5 Å². The Morgan fingerprint density at radius 1 is 1.22 bits per heavy atom. The van der Waals surface area contributed by atoms with Crippen LogP contribution in [0.5, 0.6) is 0 Å². The fourth-order valence-corrected chi connectivity index (χ4v) is 0.647. The Bertz CT molecular complexity index is 50.9. The van der Waals surface area contributed by atoms with Crippen LogP contribution in [0.15, 0.2) is 0 Å². The minimum atomic E-state index is 0.668. The molecule has 0 unspecified atom stereocenters. The first-order valence-electron chi connectivity index (χ1n) is 3.17. The molecule has 0 rings (SSSR count). The van der Waals surface area contributed by atoms with Crippen LogP contribution in [-0.4, -0.2) is 38.2 Å². The number of hydrogen-bond donors (Lipinski definition) is 3. The van der Waals surface area contributed by atoms with Crippen LogP contribution in [0.25, 0.3) is 0 Å². The second-order valence-corrected chi connectivity index (χ2v) is 1.79. The van der Waals surface area contributed by atoms with Gasteiger partial charge in [0.1, 0.15) is 0 Å². The first-order chi connectivity index (χ1) is 4.35. The molecule has 0 aromatic rings. The number of rotatable bonds is 5. The minimum absolute atomic E-state index is 0.668. The highest BCUT2D eigenvalue weighted by molar-refractivity contribution is 4.50. The van der Waals surface area contributed by atoms with Crippen molar-refractivity contribution in [2.75, 3.05) is 33.2 Å². The van der Waals surface area contributed by atoms with Crippen LogP contribution in [0.1, 0.15) is 0 Å². The molecule has 0 amide bonds. The molecule has 0 saturated carbocycles. The standard InChI is InChI=1S/C5H16N4/c1-8-9(4-2-6)5-3-7/h8H,2-7H2,1H3. The van der Waals surface area contributed by atoms with E-state index < -0.39 is 0 Å². The van der Waals surface area contributed by atoms with Gasteiger partial charge in [0.05, 0.1) is 0 Å². The highest BCUT2D eigenvalue weighted by atomic mass is 15.5. The maximum Gasteiger partial charge on any atom is 0.0254 e. The lowest BCUT2D eigenvalue weighted by Crippen LogP contribution is -2.41. The van der Waals surface area contributed by atoms with Gasteiger partial charge in [0.25, 0.3) is 0 Å². The summed E-state index contributed by atoms with van der Waals surface area (Å²) < 4.78 is 0. The Hall–Kier alpha value is -0.160. The summed E-state index contributed by atoms with van der Waals surface area (Å²) in [4.78, 5) is 0. The highest BCUT2D eigenvalue weighted by Gasteiger charge is 1.95. The van der Waals surface area contributed by atoms with Gasteiger partial charge in [-0.1, -0.05) is 0 Å². The lowest BCUT2D eigenvalue weighted by Gasteiger charge is -2.18. The van der Waals surface area contributed by atoms with Crippen molar-refractivity contribution in [1.29, 1.82) is 0 Å². The van der Waals surface area contributed by atoms with Gasteiger partial charge in [-0.15, -0.1) is 0 Å². The van der Waals surface area contributed by atoms with Gasteiger partial charge in [-0.3, -0.25) is 5.43 Å². The van der Waals surface area contributed by atoms with E-state index in [2.05, 4.69) is 5.43 Å². The largest absolute Gasteiger partial charge is 0.329 e. The molecule has 0 aliphatic carbocycles. The van der Waals surface area contributed by atoms with Gasteiger partial charge in [-0.25, -0.2) is 5.01 Å². The third kappa shape index (κ3) is 4.35. The lowest BCUT2D eigenvalue weighted by atomic mass is 10.5. The van der Waals surface area contributed by atoms with Gasteiger partial charge in [0, 0.05) is 26.2 Å². The molecule has 0 heterocycles. The second-order valence-electron chi connectivity index (χ2n) is 1.79. The molecule has 0 aromatic heterocycles. The SMILES string of the molecule is CNN(CCN)CCN. The molecule has 4 nitrogen and oxygen atoms in total. The molecule has 0 aliphatic rings. The van der Waals surface area contributed by atoms with Crippen LogP contribution in [-0.2, 0) is 0 Å². The van der Waals surface area contributed by atoms with Crippen LogP contribution >= 0.6 is 0 Å². The van der Waals surface area contributed by atoms with Crippen molar-refractivity contribution in [3.05, 3.63) is 0 Å². The number of nitrogens with zero attached hydrogens (tertiary/aromatic N) is 1. The number of hydrogen-bond acceptors (Lipinski definition) is 4. The summed E-state index contributed by atoms with van der Waals surface area (Å²) >= 11 is 0. The average Bonchev–Trinajstić information content (AvgIpc) is 1.88. The summed E-state index contributed by atoms with van der Waals surface area (Å²) in [5, 5.41) is 1.99. The Labute approximate surface area is 56.2 Å². The minimum Gasteiger partial charge on any atom is -0.329 e. The summed E-state index contributed by atoms with van der Waals surface area (Å²) in [6.45, 7) is 3.04. The normalized spacial score (nSPS) is 10.7. The molecule has 4 heteroatoms. The third-order valence-electron chi connectivity index (χ3n) is 1.11. The third-order valence-corrected chi connectivity index (χ3v) is 1.11. The van der Waals surface area contributed by atoms with E-state index in [1.54, 1.807) is 0 Å². The van der Waals surface area contributed by atoms with Crippen molar-refractivity contribution in [2.45, 2.75) is 0 Å². The molecule has 0 saturated heterocycles. The fraction of sp³-hybridized carbons (Fsp3) is 1.00. The molecule has 5 N–H and O–H groups in total. The zero-order valence-corrected chi connectivity index (χ0v) is 5.93. The predicted molar refractivity (Wildman–Crippen MR) is 38.7 cm³/mol. The second kappa shape index (κ2) is 5.97. The van der Waals surface area contributed by atoms with Gasteiger partial charge >= 0.3 is 0 Å². The molecule has 56 valence electrons. The molecule has 0 radical (unpaired) electrons.